The van der Waals surface area contributed by atoms with Crippen molar-refractivity contribution in [1.29, 1.82) is 0 Å². The molecule has 0 saturated carbocycles. The third-order valence-corrected chi connectivity index (χ3v) is 5.62. The summed E-state index contributed by atoms with van der Waals surface area (Å²) in [5.41, 5.74) is 1.06. The first-order valence-corrected chi connectivity index (χ1v) is 8.32. The second-order valence-corrected chi connectivity index (χ2v) is 7.20. The second kappa shape index (κ2) is 5.11. The summed E-state index contributed by atoms with van der Waals surface area (Å²) in [6.07, 6.45) is 3.32. The van der Waals surface area contributed by atoms with Gasteiger partial charge in [0, 0.05) is 24.1 Å². The molecule has 2 fully saturated rings. The molecule has 0 unspecified atom stereocenters. The van der Waals surface area contributed by atoms with Gasteiger partial charge in [0.15, 0.2) is 5.78 Å². The SMILES string of the molecule is CN1C(=O)[C@@H]2[C@@H](C1=O)[C@@H]1C(=O)C=C[C@H]2N1Cc1ccc(Br)cc1. The van der Waals surface area contributed by atoms with E-state index in [0.29, 0.717) is 6.54 Å². The Hall–Kier alpha value is -1.79. The van der Waals surface area contributed by atoms with Gasteiger partial charge in [0.1, 0.15) is 0 Å². The summed E-state index contributed by atoms with van der Waals surface area (Å²) in [5, 5.41) is 0. The monoisotopic (exact) mass is 374 g/mol. The van der Waals surface area contributed by atoms with Crippen molar-refractivity contribution in [3.63, 3.8) is 0 Å². The second-order valence-electron chi connectivity index (χ2n) is 6.28. The van der Waals surface area contributed by atoms with E-state index in [4.69, 9.17) is 0 Å². The molecule has 5 nitrogen and oxygen atoms in total. The minimum Gasteiger partial charge on any atom is -0.293 e. The van der Waals surface area contributed by atoms with Crippen LogP contribution in [-0.4, -0.2) is 46.5 Å². The van der Waals surface area contributed by atoms with E-state index in [-0.39, 0.29) is 23.6 Å². The smallest absolute Gasteiger partial charge is 0.234 e. The van der Waals surface area contributed by atoms with Gasteiger partial charge in [-0.25, -0.2) is 0 Å². The molecule has 2 amide bonds. The molecule has 6 heteroatoms. The molecule has 1 aromatic carbocycles. The van der Waals surface area contributed by atoms with E-state index in [0.717, 1.165) is 10.0 Å². The maximum Gasteiger partial charge on any atom is 0.234 e. The third kappa shape index (κ3) is 2.05. The van der Waals surface area contributed by atoms with Crippen LogP contribution in [0, 0.1) is 11.8 Å². The fourth-order valence-electron chi connectivity index (χ4n) is 4.02. The lowest BCUT2D eigenvalue weighted by molar-refractivity contribution is -0.141. The number of likely N-dealkylation sites (tertiary alicyclic amines) is 1. The molecule has 1 aromatic rings. The Bertz CT molecular complexity index is 743. The molecule has 2 bridgehead atoms. The molecule has 4 rings (SSSR count). The van der Waals surface area contributed by atoms with E-state index in [1.165, 1.54) is 18.0 Å². The maximum absolute atomic E-state index is 12.4. The number of hydrogen-bond acceptors (Lipinski definition) is 4. The molecule has 0 spiro atoms. The van der Waals surface area contributed by atoms with Gasteiger partial charge in [0.2, 0.25) is 11.8 Å². The summed E-state index contributed by atoms with van der Waals surface area (Å²) >= 11 is 3.40. The van der Waals surface area contributed by atoms with Crippen LogP contribution in [0.15, 0.2) is 40.9 Å². The van der Waals surface area contributed by atoms with Crippen molar-refractivity contribution in [3.05, 3.63) is 46.5 Å². The van der Waals surface area contributed by atoms with Crippen molar-refractivity contribution in [2.24, 2.45) is 11.8 Å². The number of amides is 2. The summed E-state index contributed by atoms with van der Waals surface area (Å²) in [5.74, 6) is -1.47. The Balaban J connectivity index is 1.71. The Morgan fingerprint density at radius 1 is 1.04 bits per heavy atom. The van der Waals surface area contributed by atoms with Gasteiger partial charge in [-0.1, -0.05) is 34.1 Å². The number of imide groups is 1. The Labute approximate surface area is 142 Å². The minimum absolute atomic E-state index is 0.0812. The average molecular weight is 375 g/mol. The fourth-order valence-corrected chi connectivity index (χ4v) is 4.28. The molecular weight excluding hydrogens is 360 g/mol. The van der Waals surface area contributed by atoms with Gasteiger partial charge in [-0.05, 0) is 23.8 Å². The Morgan fingerprint density at radius 3 is 2.39 bits per heavy atom. The van der Waals surface area contributed by atoms with Crippen LogP contribution in [-0.2, 0) is 20.9 Å². The zero-order valence-corrected chi connectivity index (χ0v) is 14.1. The largest absolute Gasteiger partial charge is 0.293 e. The lowest BCUT2D eigenvalue weighted by Crippen LogP contribution is -2.48. The van der Waals surface area contributed by atoms with Crippen molar-refractivity contribution < 1.29 is 14.4 Å². The van der Waals surface area contributed by atoms with Gasteiger partial charge in [-0.15, -0.1) is 0 Å². The van der Waals surface area contributed by atoms with E-state index < -0.39 is 17.9 Å². The van der Waals surface area contributed by atoms with Crippen LogP contribution < -0.4 is 0 Å². The lowest BCUT2D eigenvalue weighted by atomic mass is 9.90. The van der Waals surface area contributed by atoms with E-state index in [1.54, 1.807) is 6.08 Å². The zero-order chi connectivity index (χ0) is 16.3. The molecule has 2 saturated heterocycles. The number of rotatable bonds is 2. The normalized spacial score (nSPS) is 32.8. The number of carbonyl (C=O) groups is 3. The summed E-state index contributed by atoms with van der Waals surface area (Å²) < 4.78 is 0.989. The zero-order valence-electron chi connectivity index (χ0n) is 12.5. The van der Waals surface area contributed by atoms with Crippen molar-refractivity contribution in [3.8, 4) is 0 Å². The number of hydrogen-bond donors (Lipinski definition) is 0. The number of fused-ring (bicyclic) bond motifs is 5. The molecule has 0 radical (unpaired) electrons. The fraction of sp³-hybridized carbons (Fsp3) is 0.353. The van der Waals surface area contributed by atoms with Gasteiger partial charge < -0.3 is 0 Å². The molecular formula is C17H15BrN2O3. The van der Waals surface area contributed by atoms with Crippen LogP contribution in [0.4, 0.5) is 0 Å². The Morgan fingerprint density at radius 2 is 1.70 bits per heavy atom. The third-order valence-electron chi connectivity index (χ3n) is 5.09. The van der Waals surface area contributed by atoms with Gasteiger partial charge in [0.05, 0.1) is 17.9 Å². The molecule has 0 N–H and O–H groups in total. The van der Waals surface area contributed by atoms with Crippen molar-refractivity contribution in [2.75, 3.05) is 7.05 Å². The van der Waals surface area contributed by atoms with Crippen molar-refractivity contribution in [1.82, 2.24) is 9.80 Å². The first-order chi connectivity index (χ1) is 11.0. The van der Waals surface area contributed by atoms with Crippen LogP contribution >= 0.6 is 15.9 Å². The molecule has 0 aliphatic carbocycles. The first kappa shape index (κ1) is 14.8. The van der Waals surface area contributed by atoms with E-state index in [1.807, 2.05) is 29.2 Å². The highest BCUT2D eigenvalue weighted by Gasteiger charge is 2.63. The lowest BCUT2D eigenvalue weighted by Gasteiger charge is -2.32. The predicted molar refractivity (Wildman–Crippen MR) is 86.2 cm³/mol. The van der Waals surface area contributed by atoms with Crippen LogP contribution in [0.5, 0.6) is 0 Å². The minimum atomic E-state index is -0.546. The molecule has 3 aliphatic rings. The number of nitrogens with zero attached hydrogens (tertiary/aromatic N) is 2. The topological polar surface area (TPSA) is 57.7 Å². The summed E-state index contributed by atoms with van der Waals surface area (Å²) in [4.78, 5) is 40.4. The number of ketones is 1. The number of carbonyl (C=O) groups excluding carboxylic acids is 3. The highest BCUT2D eigenvalue weighted by Crippen LogP contribution is 2.45. The quantitative estimate of drug-likeness (QED) is 0.733. The molecule has 3 heterocycles. The maximum atomic E-state index is 12.4. The number of benzene rings is 1. The molecule has 118 valence electrons. The Kier molecular flexibility index (Phi) is 3.28. The molecule has 4 atom stereocenters. The van der Waals surface area contributed by atoms with Gasteiger partial charge in [-0.2, -0.15) is 0 Å². The van der Waals surface area contributed by atoms with Gasteiger partial charge in [-0.3, -0.25) is 24.2 Å². The van der Waals surface area contributed by atoms with Gasteiger partial charge >= 0.3 is 0 Å². The highest BCUT2D eigenvalue weighted by molar-refractivity contribution is 9.10. The van der Waals surface area contributed by atoms with Crippen molar-refractivity contribution >= 4 is 33.5 Å². The van der Waals surface area contributed by atoms with Crippen LogP contribution in [0.1, 0.15) is 5.56 Å². The van der Waals surface area contributed by atoms with Crippen molar-refractivity contribution in [2.45, 2.75) is 18.6 Å². The standard InChI is InChI=1S/C17H15BrN2O3/c1-19-16(22)13-11-6-7-12(21)15(14(13)17(19)23)20(11)8-9-2-4-10(18)5-3-9/h2-7,11,13-15H,8H2,1H3/t11-,13+,14-,15+/m1/s1. The average Bonchev–Trinajstić information content (AvgIpc) is 2.89. The predicted octanol–water partition coefficient (Wildman–Crippen LogP) is 1.37. The molecule has 0 aromatic heterocycles. The molecule has 3 aliphatic heterocycles. The van der Waals surface area contributed by atoms with E-state index in [9.17, 15) is 14.4 Å². The van der Waals surface area contributed by atoms with E-state index in [2.05, 4.69) is 15.9 Å². The van der Waals surface area contributed by atoms with Crippen LogP contribution in [0.2, 0.25) is 0 Å². The van der Waals surface area contributed by atoms with Gasteiger partial charge in [0.25, 0.3) is 0 Å². The highest BCUT2D eigenvalue weighted by atomic mass is 79.9. The summed E-state index contributed by atoms with van der Waals surface area (Å²) in [7, 11) is 1.51. The van der Waals surface area contributed by atoms with E-state index >= 15 is 0 Å². The summed E-state index contributed by atoms with van der Waals surface area (Å²) in [6.45, 7) is 0.552. The molecule has 23 heavy (non-hydrogen) atoms. The first-order valence-electron chi connectivity index (χ1n) is 7.52. The van der Waals surface area contributed by atoms with Crippen LogP contribution in [0.3, 0.4) is 0 Å². The summed E-state index contributed by atoms with van der Waals surface area (Å²) in [6, 6.07) is 7.15. The van der Waals surface area contributed by atoms with Crippen LogP contribution in [0.25, 0.3) is 0 Å². The number of halogens is 1.